The lowest BCUT2D eigenvalue weighted by Gasteiger charge is -2.16. The Bertz CT molecular complexity index is 735. The van der Waals surface area contributed by atoms with Gasteiger partial charge in [0, 0.05) is 23.7 Å². The summed E-state index contributed by atoms with van der Waals surface area (Å²) in [6.45, 7) is 2.64. The highest BCUT2D eigenvalue weighted by Gasteiger charge is 2.25. The van der Waals surface area contributed by atoms with Crippen molar-refractivity contribution in [1.82, 2.24) is 4.90 Å². The van der Waals surface area contributed by atoms with E-state index in [1.54, 1.807) is 0 Å². The van der Waals surface area contributed by atoms with Gasteiger partial charge in [0.25, 0.3) is 0 Å². The maximum Gasteiger partial charge on any atom is 0.227 e. The van der Waals surface area contributed by atoms with Crippen LogP contribution in [-0.2, 0) is 17.8 Å². The molecule has 0 aliphatic carbocycles. The third-order valence-corrected chi connectivity index (χ3v) is 4.95. The molecular weight excluding hydrogens is 336 g/mol. The third kappa shape index (κ3) is 4.74. The van der Waals surface area contributed by atoms with Gasteiger partial charge in [-0.1, -0.05) is 41.9 Å². The zero-order valence-corrected chi connectivity index (χ0v) is 14.9. The van der Waals surface area contributed by atoms with E-state index in [9.17, 15) is 4.79 Å². The van der Waals surface area contributed by atoms with Crippen LogP contribution >= 0.6 is 11.6 Å². The van der Waals surface area contributed by atoms with Crippen molar-refractivity contribution in [3.05, 3.63) is 64.7 Å². The van der Waals surface area contributed by atoms with E-state index in [-0.39, 0.29) is 5.91 Å². The molecule has 0 spiro atoms. The van der Waals surface area contributed by atoms with Crippen molar-refractivity contribution in [2.75, 3.05) is 19.6 Å². The third-order valence-electron chi connectivity index (χ3n) is 4.58. The molecular formula is C20H23ClN2O2. The number of carbonyl (C=O) groups excluding carboxylic acids is 1. The highest BCUT2D eigenvalue weighted by molar-refractivity contribution is 6.31. The molecule has 5 heteroatoms. The van der Waals surface area contributed by atoms with Gasteiger partial charge in [0.2, 0.25) is 5.91 Å². The van der Waals surface area contributed by atoms with Gasteiger partial charge >= 0.3 is 0 Å². The quantitative estimate of drug-likeness (QED) is 0.862. The maximum absolute atomic E-state index is 12.4. The van der Waals surface area contributed by atoms with Crippen molar-refractivity contribution in [2.45, 2.75) is 19.4 Å². The summed E-state index contributed by atoms with van der Waals surface area (Å²) in [5.74, 6) is 1.33. The van der Waals surface area contributed by atoms with Crippen LogP contribution in [0.2, 0.25) is 5.02 Å². The fourth-order valence-corrected chi connectivity index (χ4v) is 3.25. The largest absolute Gasteiger partial charge is 0.489 e. The predicted molar refractivity (Wildman–Crippen MR) is 99.7 cm³/mol. The molecule has 2 aromatic carbocycles. The molecule has 1 atom stereocenters. The van der Waals surface area contributed by atoms with Crippen LogP contribution in [0.3, 0.4) is 0 Å². The second kappa shape index (κ2) is 8.37. The van der Waals surface area contributed by atoms with Crippen molar-refractivity contribution in [3.63, 3.8) is 0 Å². The number of hydrogen-bond donors (Lipinski definition) is 1. The first kappa shape index (κ1) is 17.8. The van der Waals surface area contributed by atoms with Crippen LogP contribution in [0.25, 0.3) is 0 Å². The average molecular weight is 359 g/mol. The fraction of sp³-hybridized carbons (Fsp3) is 0.350. The Morgan fingerprint density at radius 3 is 2.84 bits per heavy atom. The fourth-order valence-electron chi connectivity index (χ4n) is 3.06. The molecule has 1 saturated heterocycles. The van der Waals surface area contributed by atoms with E-state index >= 15 is 0 Å². The smallest absolute Gasteiger partial charge is 0.227 e. The molecule has 2 N–H and O–H groups in total. The zero-order chi connectivity index (χ0) is 17.6. The molecule has 1 aliphatic rings. The Balaban J connectivity index is 1.58. The first-order valence-electron chi connectivity index (χ1n) is 8.58. The molecule has 2 aromatic rings. The highest BCUT2D eigenvalue weighted by atomic mass is 35.5. The molecule has 1 amide bonds. The van der Waals surface area contributed by atoms with E-state index in [1.165, 1.54) is 0 Å². The van der Waals surface area contributed by atoms with E-state index in [4.69, 9.17) is 22.1 Å². The first-order chi connectivity index (χ1) is 12.2. The summed E-state index contributed by atoms with van der Waals surface area (Å²) in [7, 11) is 0. The summed E-state index contributed by atoms with van der Waals surface area (Å²) >= 11 is 6.15. The lowest BCUT2D eigenvalue weighted by molar-refractivity contribution is -0.129. The number of ether oxygens (including phenoxy) is 1. The van der Waals surface area contributed by atoms with E-state index in [2.05, 4.69) is 0 Å². The molecule has 1 fully saturated rings. The number of halogens is 1. The molecule has 25 heavy (non-hydrogen) atoms. The van der Waals surface area contributed by atoms with Gasteiger partial charge in [-0.2, -0.15) is 0 Å². The predicted octanol–water partition coefficient (Wildman–Crippen LogP) is 3.27. The molecule has 0 radical (unpaired) electrons. The molecule has 1 aliphatic heterocycles. The minimum atomic E-state index is 0.152. The van der Waals surface area contributed by atoms with Gasteiger partial charge in [-0.25, -0.2) is 0 Å². The monoisotopic (exact) mass is 358 g/mol. The Kier molecular flexibility index (Phi) is 5.95. The summed E-state index contributed by atoms with van der Waals surface area (Å²) in [5.41, 5.74) is 7.59. The Hall–Kier alpha value is -2.04. The molecule has 1 heterocycles. The van der Waals surface area contributed by atoms with Crippen molar-refractivity contribution < 1.29 is 9.53 Å². The number of benzene rings is 2. The van der Waals surface area contributed by atoms with Crippen molar-refractivity contribution in [3.8, 4) is 5.75 Å². The normalized spacial score (nSPS) is 16.9. The van der Waals surface area contributed by atoms with Crippen LogP contribution in [0.5, 0.6) is 5.75 Å². The molecule has 0 saturated carbocycles. The molecule has 3 rings (SSSR count). The van der Waals surface area contributed by atoms with E-state index in [0.29, 0.717) is 30.5 Å². The van der Waals surface area contributed by atoms with Gasteiger partial charge < -0.3 is 15.4 Å². The van der Waals surface area contributed by atoms with Gasteiger partial charge in [0.1, 0.15) is 12.4 Å². The van der Waals surface area contributed by atoms with Crippen LogP contribution in [0.4, 0.5) is 0 Å². The van der Waals surface area contributed by atoms with Crippen molar-refractivity contribution in [1.29, 1.82) is 0 Å². The van der Waals surface area contributed by atoms with E-state index < -0.39 is 0 Å². The van der Waals surface area contributed by atoms with Gasteiger partial charge in [-0.3, -0.25) is 4.79 Å². The summed E-state index contributed by atoms with van der Waals surface area (Å²) in [4.78, 5) is 14.3. The van der Waals surface area contributed by atoms with Crippen LogP contribution in [-0.4, -0.2) is 30.4 Å². The molecule has 0 aromatic heterocycles. The van der Waals surface area contributed by atoms with Crippen LogP contribution < -0.4 is 10.5 Å². The van der Waals surface area contributed by atoms with Crippen LogP contribution in [0, 0.1) is 5.92 Å². The highest BCUT2D eigenvalue weighted by Crippen LogP contribution is 2.21. The average Bonchev–Trinajstić information content (AvgIpc) is 3.11. The second-order valence-electron chi connectivity index (χ2n) is 6.43. The minimum absolute atomic E-state index is 0.152. The standard InChI is InChI=1S/C20H23ClN2O2/c21-19-7-2-1-5-17(19)14-25-18-6-3-4-15(10-18)11-20(24)23-9-8-16(12-22)13-23/h1-7,10,16H,8-9,11-14,22H2/t16-/m1/s1. The van der Waals surface area contributed by atoms with E-state index in [0.717, 1.165) is 36.4 Å². The van der Waals surface area contributed by atoms with Crippen molar-refractivity contribution >= 4 is 17.5 Å². The molecule has 4 nitrogen and oxygen atoms in total. The van der Waals surface area contributed by atoms with Gasteiger partial charge in [0.15, 0.2) is 0 Å². The lowest BCUT2D eigenvalue weighted by atomic mass is 10.1. The maximum atomic E-state index is 12.4. The van der Waals surface area contributed by atoms with E-state index in [1.807, 2.05) is 53.4 Å². The number of nitrogens with zero attached hydrogens (tertiary/aromatic N) is 1. The van der Waals surface area contributed by atoms with Gasteiger partial charge in [-0.15, -0.1) is 0 Å². The number of likely N-dealkylation sites (tertiary alicyclic amines) is 1. The number of rotatable bonds is 6. The first-order valence-corrected chi connectivity index (χ1v) is 8.96. The minimum Gasteiger partial charge on any atom is -0.489 e. The van der Waals surface area contributed by atoms with Crippen molar-refractivity contribution in [2.24, 2.45) is 11.7 Å². The molecule has 0 bridgehead atoms. The van der Waals surface area contributed by atoms with Gasteiger partial charge in [-0.05, 0) is 42.6 Å². The van der Waals surface area contributed by atoms with Gasteiger partial charge in [0.05, 0.1) is 6.42 Å². The summed E-state index contributed by atoms with van der Waals surface area (Å²) in [6.07, 6.45) is 1.39. The SMILES string of the molecule is NC[C@H]1CCN(C(=O)Cc2cccc(OCc3ccccc3Cl)c2)C1. The number of amides is 1. The number of nitrogens with two attached hydrogens (primary N) is 1. The topological polar surface area (TPSA) is 55.6 Å². The Labute approximate surface area is 153 Å². The molecule has 0 unspecified atom stereocenters. The molecule has 132 valence electrons. The lowest BCUT2D eigenvalue weighted by Crippen LogP contribution is -2.31. The number of carbonyl (C=O) groups is 1. The summed E-state index contributed by atoms with van der Waals surface area (Å²) in [6, 6.07) is 15.3. The summed E-state index contributed by atoms with van der Waals surface area (Å²) < 4.78 is 5.83. The second-order valence-corrected chi connectivity index (χ2v) is 6.84. The van der Waals surface area contributed by atoms with Crippen LogP contribution in [0.15, 0.2) is 48.5 Å². The zero-order valence-electron chi connectivity index (χ0n) is 14.2. The Morgan fingerprint density at radius 2 is 2.08 bits per heavy atom. The van der Waals surface area contributed by atoms with Crippen LogP contribution in [0.1, 0.15) is 17.5 Å². The summed E-state index contributed by atoms with van der Waals surface area (Å²) in [5, 5.41) is 0.692. The number of hydrogen-bond acceptors (Lipinski definition) is 3. The Morgan fingerprint density at radius 1 is 1.24 bits per heavy atom.